The van der Waals surface area contributed by atoms with Gasteiger partial charge in [0.2, 0.25) is 0 Å². The highest BCUT2D eigenvalue weighted by atomic mass is 35.5. The maximum absolute atomic E-state index is 5.64. The number of hydrogen-bond acceptors (Lipinski definition) is 6. The molecule has 128 valence electrons. The van der Waals surface area contributed by atoms with Gasteiger partial charge in [-0.3, -0.25) is 4.98 Å². The minimum absolute atomic E-state index is 0.367. The largest absolute Gasteiger partial charge is 0.388 e. The van der Waals surface area contributed by atoms with Gasteiger partial charge in [-0.05, 0) is 17.5 Å². The second-order valence-electron chi connectivity index (χ2n) is 6.25. The molecule has 23 heavy (non-hydrogen) atoms. The molecule has 2 heterocycles. The third-order valence-electron chi connectivity index (χ3n) is 1.85. The van der Waals surface area contributed by atoms with Gasteiger partial charge in [0.25, 0.3) is 0 Å². The van der Waals surface area contributed by atoms with Crippen LogP contribution in [0.25, 0.3) is 0 Å². The molecule has 6 nitrogen and oxygen atoms in total. The molecular formula is C16H26ClN5O. The summed E-state index contributed by atoms with van der Waals surface area (Å²) in [4.78, 5) is 9.88. The highest BCUT2D eigenvalue weighted by molar-refractivity contribution is 6.29. The lowest BCUT2D eigenvalue weighted by Crippen LogP contribution is -2.13. The molecule has 0 N–H and O–H groups in total. The van der Waals surface area contributed by atoms with Crippen molar-refractivity contribution in [2.24, 2.45) is 5.41 Å². The monoisotopic (exact) mass is 339 g/mol. The molecule has 0 saturated heterocycles. The third-order valence-corrected chi connectivity index (χ3v) is 2.06. The normalized spacial score (nSPS) is 9.91. The zero-order chi connectivity index (χ0) is 17.9. The molecule has 2 aromatic heterocycles. The van der Waals surface area contributed by atoms with Crippen LogP contribution >= 0.6 is 11.6 Å². The minimum atomic E-state index is 0.367. The van der Waals surface area contributed by atoms with E-state index in [1.165, 1.54) is 0 Å². The number of halogens is 1. The molecule has 2 aromatic rings. The van der Waals surface area contributed by atoms with Gasteiger partial charge in [0.15, 0.2) is 16.8 Å². The molecule has 0 radical (unpaired) electrons. The van der Waals surface area contributed by atoms with Gasteiger partial charge in [-0.15, -0.1) is 10.2 Å². The van der Waals surface area contributed by atoms with E-state index in [-0.39, 0.29) is 0 Å². The molecule has 0 atom stereocenters. The predicted octanol–water partition coefficient (Wildman–Crippen LogP) is 4.00. The smallest absolute Gasteiger partial charge is 0.156 e. The summed E-state index contributed by atoms with van der Waals surface area (Å²) in [6.45, 7) is 8.75. The van der Waals surface area contributed by atoms with E-state index in [4.69, 9.17) is 11.6 Å². The molecule has 0 bridgehead atoms. The van der Waals surface area contributed by atoms with Crippen molar-refractivity contribution >= 4 is 23.2 Å². The first-order valence-electron chi connectivity index (χ1n) is 7.08. The molecule has 0 fully saturated rings. The molecule has 2 rings (SSSR count). The summed E-state index contributed by atoms with van der Waals surface area (Å²) in [6.07, 6.45) is 4.89. The fraction of sp³-hybridized carbons (Fsp3) is 0.500. The van der Waals surface area contributed by atoms with Crippen molar-refractivity contribution in [1.82, 2.24) is 20.2 Å². The van der Waals surface area contributed by atoms with Gasteiger partial charge in [0, 0.05) is 33.7 Å². The molecule has 0 aliphatic carbocycles. The van der Waals surface area contributed by atoms with Crippen LogP contribution in [0.3, 0.4) is 0 Å². The van der Waals surface area contributed by atoms with Gasteiger partial charge in [0.05, 0.1) is 6.20 Å². The van der Waals surface area contributed by atoms with Gasteiger partial charge in [0.1, 0.15) is 0 Å². The Morgan fingerprint density at radius 2 is 1.57 bits per heavy atom. The summed E-state index contributed by atoms with van der Waals surface area (Å²) in [7, 11) is 5.09. The number of aromatic nitrogens is 4. The summed E-state index contributed by atoms with van der Waals surface area (Å²) in [5.41, 5.74) is 0.500. The van der Waals surface area contributed by atoms with E-state index < -0.39 is 0 Å². The Bertz CT molecular complexity index is 522. The van der Waals surface area contributed by atoms with E-state index >= 15 is 0 Å². The SMILES string of the molecule is CC(C)(C)C.CN(c1cnccn1)c1ccc(Cl)nn1.COC. The van der Waals surface area contributed by atoms with Gasteiger partial charge in [-0.1, -0.05) is 39.3 Å². The topological polar surface area (TPSA) is 64.0 Å². The summed E-state index contributed by atoms with van der Waals surface area (Å²) in [6, 6.07) is 3.45. The maximum Gasteiger partial charge on any atom is 0.156 e. The Morgan fingerprint density at radius 3 is 1.96 bits per heavy atom. The fourth-order valence-corrected chi connectivity index (χ4v) is 1.17. The van der Waals surface area contributed by atoms with Gasteiger partial charge >= 0.3 is 0 Å². The van der Waals surface area contributed by atoms with Crippen LogP contribution in [0.2, 0.25) is 5.15 Å². The van der Waals surface area contributed by atoms with E-state index in [2.05, 4.69) is 52.6 Å². The average Bonchev–Trinajstić information content (AvgIpc) is 2.47. The summed E-state index contributed by atoms with van der Waals surface area (Å²) < 4.78 is 4.25. The molecule has 0 unspecified atom stereocenters. The number of anilines is 2. The number of nitrogens with zero attached hydrogens (tertiary/aromatic N) is 5. The minimum Gasteiger partial charge on any atom is -0.388 e. The maximum atomic E-state index is 5.64. The number of rotatable bonds is 2. The first-order chi connectivity index (χ1) is 10.7. The van der Waals surface area contributed by atoms with E-state index in [1.54, 1.807) is 49.8 Å². The zero-order valence-corrected chi connectivity index (χ0v) is 15.7. The van der Waals surface area contributed by atoms with Gasteiger partial charge in [-0.2, -0.15) is 0 Å². The molecule has 0 spiro atoms. The van der Waals surface area contributed by atoms with Crippen LogP contribution in [0, 0.1) is 5.41 Å². The molecule has 0 amide bonds. The average molecular weight is 340 g/mol. The third kappa shape index (κ3) is 11.4. The predicted molar refractivity (Wildman–Crippen MR) is 95.2 cm³/mol. The number of ether oxygens (including phenoxy) is 1. The Morgan fingerprint density at radius 1 is 1.00 bits per heavy atom. The standard InChI is InChI=1S/C9H8ClN5.C5H12.C2H6O/c1-15(9-6-11-4-5-12-9)8-3-2-7(10)13-14-8;1-5(2,3)4;1-3-2/h2-6H,1H3;1-4H3;1-2H3. The molecule has 0 saturated carbocycles. The van der Waals surface area contributed by atoms with Crippen molar-refractivity contribution in [2.45, 2.75) is 27.7 Å². The van der Waals surface area contributed by atoms with E-state index in [0.29, 0.717) is 22.2 Å². The zero-order valence-electron chi connectivity index (χ0n) is 14.9. The van der Waals surface area contributed by atoms with Crippen molar-refractivity contribution in [2.75, 3.05) is 26.2 Å². The second-order valence-corrected chi connectivity index (χ2v) is 6.63. The molecule has 0 aromatic carbocycles. The Balaban J connectivity index is 0.000000511. The fourth-order valence-electron chi connectivity index (χ4n) is 1.07. The highest BCUT2D eigenvalue weighted by Crippen LogP contribution is 2.17. The van der Waals surface area contributed by atoms with Crippen molar-refractivity contribution in [3.05, 3.63) is 35.9 Å². The highest BCUT2D eigenvalue weighted by Gasteiger charge is 2.06. The van der Waals surface area contributed by atoms with Crippen LogP contribution in [0.1, 0.15) is 27.7 Å². The van der Waals surface area contributed by atoms with E-state index in [0.717, 1.165) is 0 Å². The molecule has 0 aliphatic rings. The van der Waals surface area contributed by atoms with Crippen molar-refractivity contribution < 1.29 is 4.74 Å². The number of methoxy groups -OCH3 is 1. The Hall–Kier alpha value is -1.79. The van der Waals surface area contributed by atoms with Gasteiger partial charge in [-0.25, -0.2) is 4.98 Å². The summed E-state index contributed by atoms with van der Waals surface area (Å²) >= 11 is 5.64. The summed E-state index contributed by atoms with van der Waals surface area (Å²) in [5, 5.41) is 8.05. The van der Waals surface area contributed by atoms with Crippen LogP contribution in [0.15, 0.2) is 30.7 Å². The molecular weight excluding hydrogens is 314 g/mol. The second kappa shape index (κ2) is 10.9. The Labute approximate surface area is 143 Å². The van der Waals surface area contributed by atoms with E-state index in [9.17, 15) is 0 Å². The molecule has 0 aliphatic heterocycles. The van der Waals surface area contributed by atoms with Crippen LogP contribution in [0.4, 0.5) is 11.6 Å². The van der Waals surface area contributed by atoms with Gasteiger partial charge < -0.3 is 9.64 Å². The Kier molecular flexibility index (Phi) is 10.0. The van der Waals surface area contributed by atoms with Crippen LogP contribution < -0.4 is 4.90 Å². The van der Waals surface area contributed by atoms with Crippen LogP contribution in [-0.2, 0) is 4.74 Å². The van der Waals surface area contributed by atoms with Crippen LogP contribution in [0.5, 0.6) is 0 Å². The lowest BCUT2D eigenvalue weighted by Gasteiger charge is -2.15. The van der Waals surface area contributed by atoms with Crippen molar-refractivity contribution in [3.63, 3.8) is 0 Å². The number of hydrogen-bond donors (Lipinski definition) is 0. The first kappa shape index (κ1) is 21.2. The quantitative estimate of drug-likeness (QED) is 0.823. The molecule has 7 heteroatoms. The van der Waals surface area contributed by atoms with Crippen molar-refractivity contribution in [3.8, 4) is 0 Å². The van der Waals surface area contributed by atoms with Crippen molar-refractivity contribution in [1.29, 1.82) is 0 Å². The van der Waals surface area contributed by atoms with E-state index in [1.807, 2.05) is 7.05 Å². The first-order valence-corrected chi connectivity index (χ1v) is 7.46. The van der Waals surface area contributed by atoms with Crippen LogP contribution in [-0.4, -0.2) is 41.4 Å². The lowest BCUT2D eigenvalue weighted by atomic mass is 10.0. The lowest BCUT2D eigenvalue weighted by molar-refractivity contribution is 0.277. The summed E-state index contributed by atoms with van der Waals surface area (Å²) in [5.74, 6) is 1.37.